The number of alkyl halides is 3. The normalized spacial score (nSPS) is 15.8. The van der Waals surface area contributed by atoms with Gasteiger partial charge in [-0.05, 0) is 55.3 Å². The zero-order chi connectivity index (χ0) is 24.7. The number of rotatable bonds is 5. The number of amides is 1. The molecule has 1 aliphatic heterocycles. The van der Waals surface area contributed by atoms with Crippen molar-refractivity contribution in [3.05, 3.63) is 88.9 Å². The predicted octanol–water partition coefficient (Wildman–Crippen LogP) is 5.53. The fourth-order valence-electron chi connectivity index (χ4n) is 4.06. The lowest BCUT2D eigenvalue weighted by molar-refractivity contribution is -0.137. The molecule has 10 heteroatoms. The summed E-state index contributed by atoms with van der Waals surface area (Å²) >= 11 is 5.74. The molecular formula is C24H20ClF3N2O3S. The minimum absolute atomic E-state index is 0.152. The Morgan fingerprint density at radius 2 is 1.71 bits per heavy atom. The van der Waals surface area contributed by atoms with Crippen molar-refractivity contribution in [2.75, 3.05) is 15.7 Å². The topological polar surface area (TPSA) is 57.7 Å². The van der Waals surface area contributed by atoms with E-state index in [-0.39, 0.29) is 16.6 Å². The Hall–Kier alpha value is -3.04. The van der Waals surface area contributed by atoms with Crippen LogP contribution in [0.15, 0.2) is 77.7 Å². The Labute approximate surface area is 200 Å². The van der Waals surface area contributed by atoms with Crippen LogP contribution in [0.2, 0.25) is 5.02 Å². The summed E-state index contributed by atoms with van der Waals surface area (Å²) in [5, 5.41) is -0.568. The molecule has 0 spiro atoms. The van der Waals surface area contributed by atoms with Gasteiger partial charge in [0.25, 0.3) is 10.0 Å². The molecule has 1 heterocycles. The molecule has 0 bridgehead atoms. The Kier molecular flexibility index (Phi) is 6.35. The number of nitrogens with zero attached hydrogens (tertiary/aromatic N) is 2. The second kappa shape index (κ2) is 8.96. The molecule has 0 aliphatic carbocycles. The number of para-hydroxylation sites is 1. The van der Waals surface area contributed by atoms with Crippen LogP contribution in [-0.2, 0) is 27.4 Å². The fraction of sp³-hybridized carbons (Fsp3) is 0.208. The lowest BCUT2D eigenvalue weighted by atomic mass is 10.1. The second-order valence-corrected chi connectivity index (χ2v) is 10.2. The first-order valence-corrected chi connectivity index (χ1v) is 12.2. The van der Waals surface area contributed by atoms with Gasteiger partial charge < -0.3 is 4.90 Å². The van der Waals surface area contributed by atoms with Gasteiger partial charge in [0.1, 0.15) is 6.54 Å². The molecular weight excluding hydrogens is 489 g/mol. The van der Waals surface area contributed by atoms with Crippen molar-refractivity contribution in [2.45, 2.75) is 30.5 Å². The quantitative estimate of drug-likeness (QED) is 0.455. The van der Waals surface area contributed by atoms with E-state index in [1.165, 1.54) is 29.2 Å². The second-order valence-electron chi connectivity index (χ2n) is 7.93. The Morgan fingerprint density at radius 1 is 1.06 bits per heavy atom. The molecule has 1 atom stereocenters. The summed E-state index contributed by atoms with van der Waals surface area (Å²) in [6.07, 6.45) is -4.21. The van der Waals surface area contributed by atoms with Gasteiger partial charge in [0.05, 0.1) is 21.2 Å². The zero-order valence-electron chi connectivity index (χ0n) is 18.0. The van der Waals surface area contributed by atoms with Gasteiger partial charge in [0.15, 0.2) is 0 Å². The highest BCUT2D eigenvalue weighted by atomic mass is 35.5. The Bertz CT molecular complexity index is 1330. The monoisotopic (exact) mass is 508 g/mol. The van der Waals surface area contributed by atoms with E-state index >= 15 is 0 Å². The van der Waals surface area contributed by atoms with E-state index in [0.717, 1.165) is 17.7 Å². The molecule has 0 N–H and O–H groups in total. The highest BCUT2D eigenvalue weighted by molar-refractivity contribution is 7.92. The summed E-state index contributed by atoms with van der Waals surface area (Å²) in [6.45, 7) is 1.15. The van der Waals surface area contributed by atoms with Crippen molar-refractivity contribution in [2.24, 2.45) is 0 Å². The number of halogens is 4. The first-order chi connectivity index (χ1) is 16.0. The summed E-state index contributed by atoms with van der Waals surface area (Å²) in [4.78, 5) is 14.7. The highest BCUT2D eigenvalue weighted by Gasteiger charge is 2.37. The van der Waals surface area contributed by atoms with Crippen molar-refractivity contribution in [3.63, 3.8) is 0 Å². The minimum Gasteiger partial charge on any atom is -0.307 e. The lowest BCUT2D eigenvalue weighted by Crippen LogP contribution is -2.45. The van der Waals surface area contributed by atoms with Crippen LogP contribution in [-0.4, -0.2) is 26.9 Å². The standard InChI is InChI=1S/C24H20ClF3N2O3S/c1-16-13-17-7-5-6-10-22(17)30(16)23(31)15-29(34(32,33)19-8-3-2-4-9-19)18-11-12-21(25)20(14-18)24(26,27)28/h2-12,14,16H,13,15H2,1H3/t16-/m1/s1. The SMILES string of the molecule is C[C@@H]1Cc2ccccc2N1C(=O)CN(c1ccc(Cl)c(C(F)(F)F)c1)S(=O)(=O)c1ccccc1. The van der Waals surface area contributed by atoms with E-state index in [1.54, 1.807) is 18.2 Å². The molecule has 0 unspecified atom stereocenters. The number of hydrogen-bond acceptors (Lipinski definition) is 3. The smallest absolute Gasteiger partial charge is 0.307 e. The number of carbonyl (C=O) groups is 1. The van der Waals surface area contributed by atoms with E-state index in [9.17, 15) is 26.4 Å². The first-order valence-electron chi connectivity index (χ1n) is 10.3. The van der Waals surface area contributed by atoms with E-state index in [4.69, 9.17) is 11.6 Å². The number of sulfonamides is 1. The summed E-state index contributed by atoms with van der Waals surface area (Å²) in [7, 11) is -4.37. The molecule has 5 nitrogen and oxygen atoms in total. The molecule has 0 radical (unpaired) electrons. The van der Waals surface area contributed by atoms with Crippen LogP contribution in [0.5, 0.6) is 0 Å². The Balaban J connectivity index is 1.79. The molecule has 34 heavy (non-hydrogen) atoms. The van der Waals surface area contributed by atoms with E-state index < -0.39 is 39.2 Å². The highest BCUT2D eigenvalue weighted by Crippen LogP contribution is 2.38. The van der Waals surface area contributed by atoms with Crippen molar-refractivity contribution in [3.8, 4) is 0 Å². The van der Waals surface area contributed by atoms with Gasteiger partial charge in [-0.3, -0.25) is 9.10 Å². The summed E-state index contributed by atoms with van der Waals surface area (Å²) in [6, 6.07) is 17.1. The molecule has 0 aromatic heterocycles. The van der Waals surface area contributed by atoms with Crippen molar-refractivity contribution in [1.29, 1.82) is 0 Å². The van der Waals surface area contributed by atoms with Crippen LogP contribution in [0.1, 0.15) is 18.1 Å². The van der Waals surface area contributed by atoms with Crippen LogP contribution in [0, 0.1) is 0 Å². The van der Waals surface area contributed by atoms with E-state index in [2.05, 4.69) is 0 Å². The molecule has 3 aromatic rings. The fourth-order valence-corrected chi connectivity index (χ4v) is 5.72. The third-order valence-corrected chi connectivity index (χ3v) is 7.75. The lowest BCUT2D eigenvalue weighted by Gasteiger charge is -2.29. The van der Waals surface area contributed by atoms with Crippen molar-refractivity contribution < 1.29 is 26.4 Å². The first kappa shape index (κ1) is 24.1. The van der Waals surface area contributed by atoms with Gasteiger partial charge >= 0.3 is 6.18 Å². The molecule has 0 saturated heterocycles. The largest absolute Gasteiger partial charge is 0.417 e. The van der Waals surface area contributed by atoms with Crippen molar-refractivity contribution >= 4 is 38.9 Å². The molecule has 4 rings (SSSR count). The van der Waals surface area contributed by atoms with Gasteiger partial charge in [-0.1, -0.05) is 48.0 Å². The maximum absolute atomic E-state index is 13.5. The Morgan fingerprint density at radius 3 is 2.38 bits per heavy atom. The third-order valence-electron chi connectivity index (χ3n) is 5.63. The van der Waals surface area contributed by atoms with Gasteiger partial charge in [-0.15, -0.1) is 0 Å². The molecule has 1 aliphatic rings. The maximum atomic E-state index is 13.5. The average molecular weight is 509 g/mol. The number of benzene rings is 3. The zero-order valence-corrected chi connectivity index (χ0v) is 19.5. The van der Waals surface area contributed by atoms with Gasteiger partial charge in [0.2, 0.25) is 5.91 Å². The van der Waals surface area contributed by atoms with Crippen LogP contribution in [0.4, 0.5) is 24.5 Å². The van der Waals surface area contributed by atoms with E-state index in [1.807, 2.05) is 19.1 Å². The molecule has 0 fully saturated rings. The average Bonchev–Trinajstić information content (AvgIpc) is 3.13. The number of anilines is 2. The van der Waals surface area contributed by atoms with E-state index in [0.29, 0.717) is 22.5 Å². The maximum Gasteiger partial charge on any atom is 0.417 e. The third kappa shape index (κ3) is 4.50. The van der Waals surface area contributed by atoms with Gasteiger partial charge in [0, 0.05) is 11.7 Å². The predicted molar refractivity (Wildman–Crippen MR) is 125 cm³/mol. The van der Waals surface area contributed by atoms with Crippen LogP contribution < -0.4 is 9.21 Å². The van der Waals surface area contributed by atoms with Crippen LogP contribution in [0.3, 0.4) is 0 Å². The molecule has 3 aromatic carbocycles. The van der Waals surface area contributed by atoms with Gasteiger partial charge in [-0.2, -0.15) is 13.2 Å². The number of hydrogen-bond donors (Lipinski definition) is 0. The minimum atomic E-state index is -4.80. The van der Waals surface area contributed by atoms with Crippen LogP contribution >= 0.6 is 11.6 Å². The number of fused-ring (bicyclic) bond motifs is 1. The molecule has 178 valence electrons. The number of carbonyl (C=O) groups excluding carboxylic acids is 1. The molecule has 0 saturated carbocycles. The van der Waals surface area contributed by atoms with Crippen molar-refractivity contribution in [1.82, 2.24) is 0 Å². The summed E-state index contributed by atoms with van der Waals surface area (Å²) < 4.78 is 68.2. The summed E-state index contributed by atoms with van der Waals surface area (Å²) in [5.41, 5.74) is 0.0946. The van der Waals surface area contributed by atoms with Crippen LogP contribution in [0.25, 0.3) is 0 Å². The molecule has 1 amide bonds. The summed E-state index contributed by atoms with van der Waals surface area (Å²) in [5.74, 6) is -0.555. The van der Waals surface area contributed by atoms with Gasteiger partial charge in [-0.25, -0.2) is 8.42 Å².